The van der Waals surface area contributed by atoms with E-state index in [-0.39, 0.29) is 57.9 Å². The number of likely N-dealkylation sites (N-methyl/N-ethyl adjacent to an activating group) is 1. The minimum Gasteiger partial charge on any atom is -0.549 e. The van der Waals surface area contributed by atoms with Gasteiger partial charge in [-0.05, 0) is 45.7 Å². The number of allylic oxidation sites excluding steroid dienone is 2. The first kappa shape index (κ1) is 28.0. The van der Waals surface area contributed by atoms with Crippen molar-refractivity contribution >= 4 is 5.97 Å². The monoisotopic (exact) mass is 377 g/mol. The molecule has 4 heteroatoms. The molecule has 0 fully saturated rings. The number of carbonyl (C=O) groups is 1. The largest absolute Gasteiger partial charge is 1.00 e. The van der Waals surface area contributed by atoms with Crippen molar-refractivity contribution in [3.05, 3.63) is 12.2 Å². The van der Waals surface area contributed by atoms with Crippen LogP contribution in [0.25, 0.3) is 0 Å². The molecule has 0 aromatic rings. The van der Waals surface area contributed by atoms with Crippen molar-refractivity contribution in [1.29, 1.82) is 0 Å². The molecule has 0 aliphatic heterocycles. The maximum absolute atomic E-state index is 10.4. The van der Waals surface area contributed by atoms with Gasteiger partial charge in [-0.2, -0.15) is 0 Å². The average Bonchev–Trinajstić information content (AvgIpc) is 2.53. The van der Waals surface area contributed by atoms with Crippen LogP contribution in [0.5, 0.6) is 0 Å². The zero-order chi connectivity index (χ0) is 17.9. The van der Waals surface area contributed by atoms with Gasteiger partial charge < -0.3 is 14.8 Å². The second-order valence-corrected chi connectivity index (χ2v) is 7.05. The number of carboxylic acid groups (broad SMARTS) is 1. The molecule has 0 radical (unpaired) electrons. The summed E-state index contributed by atoms with van der Waals surface area (Å²) in [5.41, 5.74) is 0. The second-order valence-electron chi connectivity index (χ2n) is 7.05. The Kier molecular flexibility index (Phi) is 25.6. The summed E-state index contributed by atoms with van der Waals surface area (Å²) in [5, 5.41) is 10.4. The summed E-state index contributed by atoms with van der Waals surface area (Å²) in [7, 11) is 1.84. The minimum atomic E-state index is -0.984. The van der Waals surface area contributed by atoms with Gasteiger partial charge in [0.25, 0.3) is 0 Å². The summed E-state index contributed by atoms with van der Waals surface area (Å²) in [6, 6.07) is 0. The van der Waals surface area contributed by atoms with E-state index in [1.165, 1.54) is 83.5 Å². The van der Waals surface area contributed by atoms with Gasteiger partial charge in [0.05, 0.1) is 5.97 Å². The molecule has 0 saturated carbocycles. The van der Waals surface area contributed by atoms with Crippen molar-refractivity contribution in [3.63, 3.8) is 0 Å². The topological polar surface area (TPSA) is 43.4 Å². The van der Waals surface area contributed by atoms with E-state index in [1.807, 2.05) is 11.9 Å². The van der Waals surface area contributed by atoms with Crippen molar-refractivity contribution in [3.8, 4) is 0 Å². The molecule has 0 amide bonds. The molecule has 0 bridgehead atoms. The average molecular weight is 378 g/mol. The van der Waals surface area contributed by atoms with Crippen LogP contribution in [-0.2, 0) is 4.79 Å². The van der Waals surface area contributed by atoms with E-state index in [0.29, 0.717) is 0 Å². The Morgan fingerprint density at radius 1 is 0.800 bits per heavy atom. The molecule has 0 rings (SSSR count). The summed E-state index contributed by atoms with van der Waals surface area (Å²) >= 11 is 0. The van der Waals surface area contributed by atoms with Gasteiger partial charge in [-0.25, -0.2) is 0 Å². The molecular formula is C21H40KNO2. The van der Waals surface area contributed by atoms with E-state index in [9.17, 15) is 9.90 Å². The molecule has 3 nitrogen and oxygen atoms in total. The van der Waals surface area contributed by atoms with E-state index < -0.39 is 5.97 Å². The smallest absolute Gasteiger partial charge is 0.549 e. The van der Waals surface area contributed by atoms with Crippen LogP contribution in [0, 0.1) is 0 Å². The van der Waals surface area contributed by atoms with Gasteiger partial charge in [-0.1, -0.05) is 76.9 Å². The number of hydrogen-bond acceptors (Lipinski definition) is 3. The van der Waals surface area contributed by atoms with Crippen molar-refractivity contribution in [1.82, 2.24) is 4.90 Å². The molecular weight excluding hydrogens is 337 g/mol. The van der Waals surface area contributed by atoms with Crippen LogP contribution in [-0.4, -0.2) is 31.0 Å². The van der Waals surface area contributed by atoms with Crippen molar-refractivity contribution < 1.29 is 61.3 Å². The number of hydrogen-bond donors (Lipinski definition) is 0. The molecule has 0 heterocycles. The Morgan fingerprint density at radius 3 is 1.72 bits per heavy atom. The minimum absolute atomic E-state index is 0. The zero-order valence-corrected chi connectivity index (χ0v) is 20.4. The maximum Gasteiger partial charge on any atom is 1.00 e. The van der Waals surface area contributed by atoms with Gasteiger partial charge in [0, 0.05) is 6.54 Å². The number of rotatable bonds is 18. The molecule has 0 unspecified atom stereocenters. The van der Waals surface area contributed by atoms with E-state index in [1.54, 1.807) is 0 Å². The van der Waals surface area contributed by atoms with E-state index in [4.69, 9.17) is 0 Å². The van der Waals surface area contributed by atoms with Crippen LogP contribution < -0.4 is 56.5 Å². The molecule has 25 heavy (non-hydrogen) atoms. The number of unbranched alkanes of at least 4 members (excludes halogenated alkanes) is 12. The Labute approximate surface area is 199 Å². The van der Waals surface area contributed by atoms with Gasteiger partial charge in [0.1, 0.15) is 0 Å². The molecule has 0 N–H and O–H groups in total. The molecule has 0 aliphatic rings. The standard InChI is InChI=1S/C21H41NO2.K/c1-3-4-5-6-7-8-9-10-11-12-13-14-15-16-17-18-19-22(2)20-21(23)24;/h10-11H,3-9,12-20H2,1-2H3,(H,23,24);/q;+1/p-1/b11-10-;. The van der Waals surface area contributed by atoms with Crippen LogP contribution in [0.1, 0.15) is 96.8 Å². The second kappa shape index (κ2) is 22.8. The molecule has 0 saturated heterocycles. The molecule has 0 aromatic heterocycles. The third-order valence-corrected chi connectivity index (χ3v) is 4.45. The first-order valence-corrected chi connectivity index (χ1v) is 10.2. The first-order chi connectivity index (χ1) is 11.7. The number of carboxylic acids is 1. The molecule has 0 atom stereocenters. The predicted molar refractivity (Wildman–Crippen MR) is 102 cm³/mol. The van der Waals surface area contributed by atoms with Gasteiger partial charge >= 0.3 is 51.4 Å². The summed E-state index contributed by atoms with van der Waals surface area (Å²) in [6.07, 6.45) is 23.0. The number of nitrogens with zero attached hydrogens (tertiary/aromatic N) is 1. The fourth-order valence-electron chi connectivity index (χ4n) is 2.93. The van der Waals surface area contributed by atoms with Gasteiger partial charge in [0.2, 0.25) is 0 Å². The third-order valence-electron chi connectivity index (χ3n) is 4.45. The summed E-state index contributed by atoms with van der Waals surface area (Å²) in [6.45, 7) is 3.17. The Hall–Kier alpha value is 0.806. The van der Waals surface area contributed by atoms with Crippen LogP contribution >= 0.6 is 0 Å². The molecule has 142 valence electrons. The maximum atomic E-state index is 10.4. The fourth-order valence-corrected chi connectivity index (χ4v) is 2.93. The van der Waals surface area contributed by atoms with Crippen LogP contribution in [0.3, 0.4) is 0 Å². The Bertz CT molecular complexity index is 308. The van der Waals surface area contributed by atoms with Crippen molar-refractivity contribution in [2.75, 3.05) is 20.1 Å². The quantitative estimate of drug-likeness (QED) is 0.207. The fraction of sp³-hybridized carbons (Fsp3) is 0.857. The molecule has 0 aliphatic carbocycles. The van der Waals surface area contributed by atoms with Crippen molar-refractivity contribution in [2.45, 2.75) is 96.8 Å². The van der Waals surface area contributed by atoms with Gasteiger partial charge in [-0.3, -0.25) is 0 Å². The third kappa shape index (κ3) is 24.8. The number of aliphatic carboxylic acids is 1. The Balaban J connectivity index is 0. The molecule has 0 spiro atoms. The number of carbonyl (C=O) groups excluding carboxylic acids is 1. The normalized spacial score (nSPS) is 11.2. The van der Waals surface area contributed by atoms with Gasteiger partial charge in [0.15, 0.2) is 0 Å². The summed E-state index contributed by atoms with van der Waals surface area (Å²) < 4.78 is 0. The van der Waals surface area contributed by atoms with Crippen LogP contribution in [0.4, 0.5) is 0 Å². The van der Waals surface area contributed by atoms with E-state index in [0.717, 1.165) is 13.0 Å². The SMILES string of the molecule is CCCCCCCC/C=C\CCCCCCCCN(C)CC(=O)[O-].[K+]. The Morgan fingerprint density at radius 2 is 1.24 bits per heavy atom. The van der Waals surface area contributed by atoms with E-state index >= 15 is 0 Å². The van der Waals surface area contributed by atoms with Crippen LogP contribution in [0.15, 0.2) is 12.2 Å². The zero-order valence-electron chi connectivity index (χ0n) is 17.2. The summed E-state index contributed by atoms with van der Waals surface area (Å²) in [5.74, 6) is -0.984. The predicted octanol–water partition coefficient (Wildman–Crippen LogP) is 1.71. The van der Waals surface area contributed by atoms with Crippen LogP contribution in [0.2, 0.25) is 0 Å². The van der Waals surface area contributed by atoms with Crippen molar-refractivity contribution in [2.24, 2.45) is 0 Å². The first-order valence-electron chi connectivity index (χ1n) is 10.2. The summed E-state index contributed by atoms with van der Waals surface area (Å²) in [4.78, 5) is 12.2. The molecule has 0 aromatic carbocycles. The van der Waals surface area contributed by atoms with E-state index in [2.05, 4.69) is 19.1 Å². The van der Waals surface area contributed by atoms with Gasteiger partial charge in [-0.15, -0.1) is 0 Å².